The molecule has 0 aliphatic carbocycles. The highest BCUT2D eigenvalue weighted by Gasteiger charge is 2.38. The van der Waals surface area contributed by atoms with E-state index in [4.69, 9.17) is 4.42 Å². The highest BCUT2D eigenvalue weighted by molar-refractivity contribution is 5.94. The Morgan fingerprint density at radius 2 is 1.78 bits per heavy atom. The monoisotopic (exact) mass is 498 g/mol. The average molecular weight is 499 g/mol. The summed E-state index contributed by atoms with van der Waals surface area (Å²) in [5.41, 5.74) is 1.70. The Bertz CT molecular complexity index is 1180. The summed E-state index contributed by atoms with van der Waals surface area (Å²) in [4.78, 5) is 17.5. The number of carbonyl (C=O) groups excluding carboxylic acids is 1. The molecule has 0 spiro atoms. The molecular formula is C29H33F3N2O2. The topological polar surface area (TPSA) is 36.7 Å². The van der Waals surface area contributed by atoms with Crippen LogP contribution in [0.5, 0.6) is 0 Å². The minimum Gasteiger partial charge on any atom is -0.465 e. The fraction of sp³-hybridized carbons (Fsp3) is 0.414. The highest BCUT2D eigenvalue weighted by Crippen LogP contribution is 2.38. The fourth-order valence-corrected chi connectivity index (χ4v) is 5.03. The van der Waals surface area contributed by atoms with Crippen LogP contribution in [0.2, 0.25) is 0 Å². The van der Waals surface area contributed by atoms with E-state index in [-0.39, 0.29) is 23.8 Å². The van der Waals surface area contributed by atoms with Crippen LogP contribution < -0.4 is 0 Å². The number of hydrogen-bond donors (Lipinski definition) is 0. The number of alkyl halides is 3. The van der Waals surface area contributed by atoms with Gasteiger partial charge in [-0.05, 0) is 69.5 Å². The molecule has 1 fully saturated rings. The molecule has 0 N–H and O–H groups in total. The average Bonchev–Trinajstić information content (AvgIpc) is 3.42. The van der Waals surface area contributed by atoms with Crippen LogP contribution >= 0.6 is 0 Å². The summed E-state index contributed by atoms with van der Waals surface area (Å²) in [5.74, 6) is 1.42. The number of likely N-dealkylation sites (tertiary alicyclic amines) is 1. The lowest BCUT2D eigenvalue weighted by Crippen LogP contribution is -2.42. The summed E-state index contributed by atoms with van der Waals surface area (Å²) in [6, 6.07) is 16.9. The SMILES string of the molecule is Cc1ccc(C(=O)N(CC2CN(Cc3ccc(C)o3)CC2c2cccc(C(F)(F)F)c2)C(C)C)cc1. The molecule has 4 nitrogen and oxygen atoms in total. The van der Waals surface area contributed by atoms with Crippen LogP contribution in [0.1, 0.15) is 58.3 Å². The van der Waals surface area contributed by atoms with Crippen molar-refractivity contribution in [2.24, 2.45) is 5.92 Å². The predicted octanol–water partition coefficient (Wildman–Crippen LogP) is 6.68. The number of rotatable bonds is 7. The van der Waals surface area contributed by atoms with Crippen LogP contribution in [0.4, 0.5) is 13.2 Å². The summed E-state index contributed by atoms with van der Waals surface area (Å²) in [5, 5.41) is 0. The first-order chi connectivity index (χ1) is 17.0. The molecule has 0 saturated carbocycles. The maximum atomic E-state index is 13.5. The van der Waals surface area contributed by atoms with Gasteiger partial charge in [0.25, 0.3) is 5.91 Å². The van der Waals surface area contributed by atoms with E-state index in [1.165, 1.54) is 12.1 Å². The van der Waals surface area contributed by atoms with Crippen LogP contribution in [0.3, 0.4) is 0 Å². The number of benzene rings is 2. The number of furan rings is 1. The van der Waals surface area contributed by atoms with Gasteiger partial charge in [0.05, 0.1) is 12.1 Å². The van der Waals surface area contributed by atoms with Gasteiger partial charge in [-0.25, -0.2) is 0 Å². The molecule has 2 unspecified atom stereocenters. The van der Waals surface area contributed by atoms with E-state index in [2.05, 4.69) is 4.90 Å². The lowest BCUT2D eigenvalue weighted by atomic mass is 9.87. The number of nitrogens with zero attached hydrogens (tertiary/aromatic N) is 2. The largest absolute Gasteiger partial charge is 0.465 e. The Hall–Kier alpha value is -3.06. The van der Waals surface area contributed by atoms with Crippen molar-refractivity contribution < 1.29 is 22.4 Å². The van der Waals surface area contributed by atoms with Gasteiger partial charge in [0.1, 0.15) is 11.5 Å². The molecule has 1 aliphatic heterocycles. The quantitative estimate of drug-likeness (QED) is 0.365. The number of carbonyl (C=O) groups is 1. The molecule has 2 atom stereocenters. The molecule has 2 heterocycles. The number of aryl methyl sites for hydroxylation is 2. The van der Waals surface area contributed by atoms with Gasteiger partial charge in [0.15, 0.2) is 0 Å². The van der Waals surface area contributed by atoms with Crippen molar-refractivity contribution in [3.8, 4) is 0 Å². The molecule has 4 rings (SSSR count). The van der Waals surface area contributed by atoms with Crippen LogP contribution in [-0.4, -0.2) is 41.4 Å². The maximum absolute atomic E-state index is 13.5. The van der Waals surface area contributed by atoms with Gasteiger partial charge in [-0.2, -0.15) is 13.2 Å². The first-order valence-electron chi connectivity index (χ1n) is 12.3. The zero-order valence-electron chi connectivity index (χ0n) is 21.2. The minimum atomic E-state index is -4.40. The Labute approximate surface area is 210 Å². The Balaban J connectivity index is 1.62. The number of amides is 1. The number of halogens is 3. The summed E-state index contributed by atoms with van der Waals surface area (Å²) in [6.45, 7) is 10.1. The molecule has 36 heavy (non-hydrogen) atoms. The number of hydrogen-bond acceptors (Lipinski definition) is 3. The zero-order chi connectivity index (χ0) is 26.0. The van der Waals surface area contributed by atoms with E-state index in [0.29, 0.717) is 37.3 Å². The Morgan fingerprint density at radius 1 is 1.06 bits per heavy atom. The lowest BCUT2D eigenvalue weighted by molar-refractivity contribution is -0.137. The summed E-state index contributed by atoms with van der Waals surface area (Å²) in [7, 11) is 0. The molecule has 0 radical (unpaired) electrons. The molecule has 1 aliphatic rings. The Kier molecular flexibility index (Phi) is 7.59. The van der Waals surface area contributed by atoms with Crippen LogP contribution in [0, 0.1) is 19.8 Å². The third-order valence-electron chi connectivity index (χ3n) is 6.95. The van der Waals surface area contributed by atoms with E-state index < -0.39 is 11.7 Å². The molecule has 3 aromatic rings. The van der Waals surface area contributed by atoms with Crippen molar-refractivity contribution >= 4 is 5.91 Å². The third kappa shape index (κ3) is 6.01. The van der Waals surface area contributed by atoms with Gasteiger partial charge in [0, 0.05) is 37.2 Å². The molecule has 2 aromatic carbocycles. The minimum absolute atomic E-state index is 0.0265. The van der Waals surface area contributed by atoms with Crippen molar-refractivity contribution in [1.82, 2.24) is 9.80 Å². The second-order valence-electron chi connectivity index (χ2n) is 10.1. The van der Waals surface area contributed by atoms with Gasteiger partial charge >= 0.3 is 6.18 Å². The van der Waals surface area contributed by atoms with Crippen LogP contribution in [-0.2, 0) is 12.7 Å². The first-order valence-corrected chi connectivity index (χ1v) is 12.3. The Morgan fingerprint density at radius 3 is 2.39 bits per heavy atom. The fourth-order valence-electron chi connectivity index (χ4n) is 5.03. The second kappa shape index (κ2) is 10.5. The standard InChI is InChI=1S/C29H33F3N2O2/c1-19(2)34(28(35)22-11-8-20(3)9-12-22)16-24-15-33(17-26-13-10-21(4)36-26)18-27(24)23-6-5-7-25(14-23)29(30,31)32/h5-14,19,24,27H,15-18H2,1-4H3. The van der Waals surface area contributed by atoms with E-state index >= 15 is 0 Å². The van der Waals surface area contributed by atoms with Crippen molar-refractivity contribution in [1.29, 1.82) is 0 Å². The van der Waals surface area contributed by atoms with Gasteiger partial charge in [-0.15, -0.1) is 0 Å². The first kappa shape index (κ1) is 26.0. The molecule has 1 amide bonds. The van der Waals surface area contributed by atoms with Gasteiger partial charge in [-0.3, -0.25) is 9.69 Å². The van der Waals surface area contributed by atoms with E-state index in [9.17, 15) is 18.0 Å². The van der Waals surface area contributed by atoms with E-state index in [1.54, 1.807) is 6.07 Å². The summed E-state index contributed by atoms with van der Waals surface area (Å²) >= 11 is 0. The van der Waals surface area contributed by atoms with Crippen molar-refractivity contribution in [3.05, 3.63) is 94.4 Å². The molecule has 1 saturated heterocycles. The van der Waals surface area contributed by atoms with Gasteiger partial charge < -0.3 is 9.32 Å². The zero-order valence-corrected chi connectivity index (χ0v) is 21.2. The third-order valence-corrected chi connectivity index (χ3v) is 6.95. The molecule has 7 heteroatoms. The van der Waals surface area contributed by atoms with Crippen molar-refractivity contribution in [3.63, 3.8) is 0 Å². The summed E-state index contributed by atoms with van der Waals surface area (Å²) in [6.07, 6.45) is -4.40. The van der Waals surface area contributed by atoms with Crippen molar-refractivity contribution in [2.45, 2.75) is 52.4 Å². The highest BCUT2D eigenvalue weighted by atomic mass is 19.4. The van der Waals surface area contributed by atoms with Gasteiger partial charge in [-0.1, -0.05) is 35.9 Å². The van der Waals surface area contributed by atoms with Crippen LogP contribution in [0.25, 0.3) is 0 Å². The predicted molar refractivity (Wildman–Crippen MR) is 134 cm³/mol. The second-order valence-corrected chi connectivity index (χ2v) is 10.1. The maximum Gasteiger partial charge on any atom is 0.416 e. The lowest BCUT2D eigenvalue weighted by Gasteiger charge is -2.32. The van der Waals surface area contributed by atoms with Crippen LogP contribution in [0.15, 0.2) is 65.1 Å². The molecule has 192 valence electrons. The van der Waals surface area contributed by atoms with Gasteiger partial charge in [0.2, 0.25) is 0 Å². The summed E-state index contributed by atoms with van der Waals surface area (Å²) < 4.78 is 46.2. The van der Waals surface area contributed by atoms with E-state index in [0.717, 1.165) is 23.2 Å². The molecular weight excluding hydrogens is 465 g/mol. The molecule has 0 bridgehead atoms. The normalized spacial score (nSPS) is 18.7. The van der Waals surface area contributed by atoms with Crippen molar-refractivity contribution in [2.75, 3.05) is 19.6 Å². The molecule has 1 aromatic heterocycles. The van der Waals surface area contributed by atoms with E-state index in [1.807, 2.05) is 69.0 Å². The smallest absolute Gasteiger partial charge is 0.416 e.